The molecule has 3 aromatic rings. The minimum absolute atomic E-state index is 0.108. The smallest absolute Gasteiger partial charge is 0.316 e. The van der Waals surface area contributed by atoms with E-state index in [-0.39, 0.29) is 10.8 Å². The molecule has 0 fully saturated rings. The third-order valence-electron chi connectivity index (χ3n) is 3.45. The number of nitriles is 1. The van der Waals surface area contributed by atoms with Crippen molar-refractivity contribution in [3.05, 3.63) is 56.3 Å². The molecule has 138 valence electrons. The Balaban J connectivity index is 1.94. The summed E-state index contributed by atoms with van der Waals surface area (Å²) in [6.45, 7) is 0. The number of nitrogens with one attached hydrogen (secondary N) is 2. The Hall–Kier alpha value is -2.84. The number of hydrogen-bond acceptors (Lipinski definition) is 6. The van der Waals surface area contributed by atoms with Crippen molar-refractivity contribution in [2.24, 2.45) is 0 Å². The van der Waals surface area contributed by atoms with E-state index in [4.69, 9.17) is 16.9 Å². The highest BCUT2D eigenvalue weighted by Gasteiger charge is 2.35. The summed E-state index contributed by atoms with van der Waals surface area (Å²) in [4.78, 5) is 13.9. The lowest BCUT2D eigenvalue weighted by Crippen LogP contribution is -2.17. The fourth-order valence-corrected chi connectivity index (χ4v) is 3.51. The van der Waals surface area contributed by atoms with Crippen LogP contribution < -0.4 is 5.56 Å². The van der Waals surface area contributed by atoms with Crippen LogP contribution in [0.5, 0.6) is 0 Å². The topological polar surface area (TPSA) is 111 Å². The highest BCUT2D eigenvalue weighted by Crippen LogP contribution is 2.36. The van der Waals surface area contributed by atoms with Crippen LogP contribution in [0.3, 0.4) is 0 Å². The molecule has 0 aliphatic carbocycles. The third-order valence-corrected chi connectivity index (χ3v) is 4.87. The number of H-pyrrole nitrogens is 2. The predicted molar refractivity (Wildman–Crippen MR) is 91.0 cm³/mol. The van der Waals surface area contributed by atoms with Gasteiger partial charge in [-0.3, -0.25) is 4.79 Å². The molecule has 0 aliphatic heterocycles. The average Bonchev–Trinajstić information content (AvgIpc) is 3.14. The van der Waals surface area contributed by atoms with Gasteiger partial charge in [0.2, 0.25) is 11.4 Å². The van der Waals surface area contributed by atoms with Gasteiger partial charge >= 0.3 is 6.18 Å². The van der Waals surface area contributed by atoms with Gasteiger partial charge in [-0.2, -0.15) is 23.6 Å². The van der Waals surface area contributed by atoms with E-state index >= 15 is 0 Å². The number of alkyl halides is 3. The van der Waals surface area contributed by atoms with Crippen molar-refractivity contribution in [2.75, 3.05) is 0 Å². The number of tetrazole rings is 1. The fraction of sp³-hybridized carbons (Fsp3) is 0.133. The number of aromatic amines is 2. The maximum atomic E-state index is 13.1. The molecule has 0 amide bonds. The van der Waals surface area contributed by atoms with Crippen LogP contribution in [-0.2, 0) is 11.9 Å². The molecular weight excluding hydrogens is 405 g/mol. The number of benzene rings is 1. The second-order valence-corrected chi connectivity index (χ2v) is 6.58. The van der Waals surface area contributed by atoms with Crippen LogP contribution in [0.1, 0.15) is 16.7 Å². The normalized spacial score (nSPS) is 11.4. The molecule has 0 atom stereocenters. The highest BCUT2D eigenvalue weighted by atomic mass is 35.5. The molecule has 1 aromatic carbocycles. The number of hydrogen-bond donors (Lipinski definition) is 2. The van der Waals surface area contributed by atoms with E-state index in [1.807, 2.05) is 0 Å². The lowest BCUT2D eigenvalue weighted by atomic mass is 10.1. The predicted octanol–water partition coefficient (Wildman–Crippen LogP) is 3.39. The molecule has 27 heavy (non-hydrogen) atoms. The second-order valence-electron chi connectivity index (χ2n) is 5.19. The lowest BCUT2D eigenvalue weighted by Gasteiger charge is -2.12. The number of pyridine rings is 1. The molecule has 0 bridgehead atoms. The fourth-order valence-electron chi connectivity index (χ4n) is 2.24. The molecule has 0 unspecified atom stereocenters. The number of halogens is 4. The zero-order chi connectivity index (χ0) is 19.6. The minimum Gasteiger partial charge on any atom is -0.316 e. The first kappa shape index (κ1) is 18.9. The van der Waals surface area contributed by atoms with E-state index in [1.54, 1.807) is 18.2 Å². The van der Waals surface area contributed by atoms with Crippen molar-refractivity contribution < 1.29 is 13.2 Å². The van der Waals surface area contributed by atoms with E-state index in [0.29, 0.717) is 28.0 Å². The highest BCUT2D eigenvalue weighted by molar-refractivity contribution is 7.98. The molecule has 2 N–H and O–H groups in total. The molecule has 3 rings (SSSR count). The quantitative estimate of drug-likeness (QED) is 0.635. The monoisotopic (exact) mass is 412 g/mol. The van der Waals surface area contributed by atoms with Gasteiger partial charge in [0.25, 0.3) is 0 Å². The molecular formula is C15H8ClF3N6OS. The summed E-state index contributed by atoms with van der Waals surface area (Å²) >= 11 is 7.00. The lowest BCUT2D eigenvalue weighted by molar-refractivity contribution is -0.138. The molecule has 0 saturated carbocycles. The second kappa shape index (κ2) is 7.42. The summed E-state index contributed by atoms with van der Waals surface area (Å²) in [5.41, 5.74) is -1.70. The minimum atomic E-state index is -4.81. The van der Waals surface area contributed by atoms with E-state index < -0.39 is 22.9 Å². The van der Waals surface area contributed by atoms with Gasteiger partial charge in [-0.25, -0.2) is 0 Å². The van der Waals surface area contributed by atoms with Crippen LogP contribution in [0, 0.1) is 11.3 Å². The van der Waals surface area contributed by atoms with Crippen molar-refractivity contribution in [2.45, 2.75) is 17.0 Å². The SMILES string of the molecule is N#Cc1c(C(F)(F)F)cc(=O)[nH]c1SCc1cc(-c2nn[nH]n2)ccc1Cl. The van der Waals surface area contributed by atoms with Crippen LogP contribution in [0.2, 0.25) is 5.02 Å². The molecule has 0 aliphatic rings. The Morgan fingerprint density at radius 3 is 2.70 bits per heavy atom. The van der Waals surface area contributed by atoms with E-state index in [0.717, 1.165) is 11.8 Å². The van der Waals surface area contributed by atoms with Crippen LogP contribution in [0.25, 0.3) is 11.4 Å². The molecule has 7 nitrogen and oxygen atoms in total. The number of rotatable bonds is 4. The van der Waals surface area contributed by atoms with Gasteiger partial charge in [-0.1, -0.05) is 11.6 Å². The molecule has 0 saturated heterocycles. The molecule has 0 radical (unpaired) electrons. The summed E-state index contributed by atoms with van der Waals surface area (Å²) in [6.07, 6.45) is -4.81. The van der Waals surface area contributed by atoms with Gasteiger partial charge in [0.05, 0.1) is 16.2 Å². The first-order valence-electron chi connectivity index (χ1n) is 7.19. The Morgan fingerprint density at radius 1 is 1.30 bits per heavy atom. The maximum Gasteiger partial charge on any atom is 0.417 e. The summed E-state index contributed by atoms with van der Waals surface area (Å²) in [6, 6.07) is 6.77. The Bertz CT molecular complexity index is 1070. The van der Waals surface area contributed by atoms with Crippen LogP contribution in [-0.4, -0.2) is 25.6 Å². The molecule has 0 spiro atoms. The van der Waals surface area contributed by atoms with Crippen molar-refractivity contribution in [1.82, 2.24) is 25.6 Å². The number of nitrogens with zero attached hydrogens (tertiary/aromatic N) is 4. The van der Waals surface area contributed by atoms with E-state index in [2.05, 4.69) is 25.6 Å². The van der Waals surface area contributed by atoms with Crippen LogP contribution in [0.4, 0.5) is 13.2 Å². The van der Waals surface area contributed by atoms with Gasteiger partial charge in [-0.15, -0.1) is 22.0 Å². The van der Waals surface area contributed by atoms with Gasteiger partial charge in [0.1, 0.15) is 6.07 Å². The third kappa shape index (κ3) is 4.12. The van der Waals surface area contributed by atoms with Gasteiger partial charge in [0.15, 0.2) is 0 Å². The van der Waals surface area contributed by atoms with Gasteiger partial charge in [0, 0.05) is 22.4 Å². The molecule has 12 heteroatoms. The standard InChI is InChI=1S/C15H8ClF3N6OS/c16-11-2-1-7(13-22-24-25-23-13)3-8(11)6-27-14-9(5-20)10(15(17,18)19)4-12(26)21-14/h1-4H,6H2,(H,21,26)(H,22,23,24,25). The van der Waals surface area contributed by atoms with Crippen molar-refractivity contribution >= 4 is 23.4 Å². The first-order valence-corrected chi connectivity index (χ1v) is 8.55. The Morgan fingerprint density at radius 2 is 2.07 bits per heavy atom. The summed E-state index contributed by atoms with van der Waals surface area (Å²) in [5, 5.41) is 22.8. The Labute approximate surface area is 158 Å². The molecule has 2 heterocycles. The van der Waals surface area contributed by atoms with Crippen LogP contribution >= 0.6 is 23.4 Å². The first-order chi connectivity index (χ1) is 12.8. The number of aromatic nitrogens is 5. The zero-order valence-electron chi connectivity index (χ0n) is 13.1. The van der Waals surface area contributed by atoms with Crippen LogP contribution in [0.15, 0.2) is 34.1 Å². The van der Waals surface area contributed by atoms with Gasteiger partial charge < -0.3 is 4.98 Å². The van der Waals surface area contributed by atoms with Gasteiger partial charge in [-0.05, 0) is 29.0 Å². The van der Waals surface area contributed by atoms with E-state index in [1.165, 1.54) is 6.07 Å². The largest absolute Gasteiger partial charge is 0.417 e. The van der Waals surface area contributed by atoms with E-state index in [9.17, 15) is 18.0 Å². The van der Waals surface area contributed by atoms with Crippen molar-refractivity contribution in [3.8, 4) is 17.5 Å². The molecule has 2 aromatic heterocycles. The Kier molecular flexibility index (Phi) is 5.20. The summed E-state index contributed by atoms with van der Waals surface area (Å²) < 4.78 is 39.2. The van der Waals surface area contributed by atoms with Crippen molar-refractivity contribution in [3.63, 3.8) is 0 Å². The van der Waals surface area contributed by atoms with Crippen molar-refractivity contribution in [1.29, 1.82) is 5.26 Å². The summed E-state index contributed by atoms with van der Waals surface area (Å²) in [5.74, 6) is 0.430. The summed E-state index contributed by atoms with van der Waals surface area (Å²) in [7, 11) is 0. The maximum absolute atomic E-state index is 13.1. The zero-order valence-corrected chi connectivity index (χ0v) is 14.7. The average molecular weight is 413 g/mol. The number of thioether (sulfide) groups is 1.